The lowest BCUT2D eigenvalue weighted by atomic mass is 9.97. The molecule has 0 N–H and O–H groups in total. The molecular weight excluding hydrogens is 219 g/mol. The van der Waals surface area contributed by atoms with Crippen molar-refractivity contribution in [1.82, 2.24) is 0 Å². The van der Waals surface area contributed by atoms with Gasteiger partial charge in [0.15, 0.2) is 5.78 Å². The molecule has 0 aliphatic carbocycles. The number of carbonyl (C=O) groups excluding carboxylic acids is 1. The first-order valence-corrected chi connectivity index (χ1v) is 4.40. The topological polar surface area (TPSA) is 40.9 Å². The quantitative estimate of drug-likeness (QED) is 0.691. The van der Waals surface area contributed by atoms with E-state index in [0.29, 0.717) is 6.07 Å². The standard InChI is InChI=1S/C11H8F3NO/c1-6-3-9(7(2)16)8(5-15)4-10(6)11(12,13)14/h3-4H,1-2H3. The fraction of sp³-hybridized carbons (Fsp3) is 0.273. The Balaban J connectivity index is 3.51. The van der Waals surface area contributed by atoms with Gasteiger partial charge in [-0.25, -0.2) is 0 Å². The maximum Gasteiger partial charge on any atom is 0.416 e. The minimum absolute atomic E-state index is 0.0213. The van der Waals surface area contributed by atoms with Gasteiger partial charge >= 0.3 is 6.18 Å². The van der Waals surface area contributed by atoms with Gasteiger partial charge in [-0.3, -0.25) is 4.79 Å². The number of hydrogen-bond donors (Lipinski definition) is 0. The van der Waals surface area contributed by atoms with Gasteiger partial charge in [-0.15, -0.1) is 0 Å². The zero-order chi connectivity index (χ0) is 12.5. The van der Waals surface area contributed by atoms with Crippen molar-refractivity contribution < 1.29 is 18.0 Å². The SMILES string of the molecule is CC(=O)c1cc(C)c(C(F)(F)F)cc1C#N. The van der Waals surface area contributed by atoms with Crippen LogP contribution in [-0.2, 0) is 6.18 Å². The van der Waals surface area contributed by atoms with Crippen LogP contribution in [0.3, 0.4) is 0 Å². The van der Waals surface area contributed by atoms with Crippen molar-refractivity contribution in [2.75, 3.05) is 0 Å². The summed E-state index contributed by atoms with van der Waals surface area (Å²) in [6.45, 7) is 2.47. The maximum absolute atomic E-state index is 12.5. The van der Waals surface area contributed by atoms with E-state index in [1.165, 1.54) is 13.8 Å². The maximum atomic E-state index is 12.5. The number of benzene rings is 1. The van der Waals surface area contributed by atoms with E-state index in [9.17, 15) is 18.0 Å². The molecule has 0 aliphatic rings. The van der Waals surface area contributed by atoms with Gasteiger partial charge in [-0.1, -0.05) is 0 Å². The molecule has 0 bridgehead atoms. The molecule has 0 heterocycles. The fourth-order valence-electron chi connectivity index (χ4n) is 1.40. The minimum Gasteiger partial charge on any atom is -0.294 e. The van der Waals surface area contributed by atoms with Crippen molar-refractivity contribution in [1.29, 1.82) is 5.26 Å². The van der Waals surface area contributed by atoms with Gasteiger partial charge in [0.2, 0.25) is 0 Å². The first-order valence-electron chi connectivity index (χ1n) is 4.40. The molecule has 84 valence electrons. The summed E-state index contributed by atoms with van der Waals surface area (Å²) in [7, 11) is 0. The van der Waals surface area contributed by atoms with Gasteiger partial charge in [0, 0.05) is 5.56 Å². The van der Waals surface area contributed by atoms with Crippen molar-refractivity contribution in [3.8, 4) is 6.07 Å². The van der Waals surface area contributed by atoms with E-state index in [-0.39, 0.29) is 16.7 Å². The molecule has 16 heavy (non-hydrogen) atoms. The number of ketones is 1. The number of Topliss-reactive ketones (excluding diaryl/α,β-unsaturated/α-hetero) is 1. The summed E-state index contributed by atoms with van der Waals surface area (Å²) in [5, 5.41) is 8.68. The molecule has 1 aromatic rings. The van der Waals surface area contributed by atoms with E-state index < -0.39 is 17.5 Å². The summed E-state index contributed by atoms with van der Waals surface area (Å²) in [4.78, 5) is 11.1. The van der Waals surface area contributed by atoms with Gasteiger partial charge < -0.3 is 0 Å². The summed E-state index contributed by atoms with van der Waals surface area (Å²) in [6.07, 6.45) is -4.51. The van der Waals surface area contributed by atoms with Gasteiger partial charge in [0.05, 0.1) is 17.2 Å². The Kier molecular flexibility index (Phi) is 3.04. The lowest BCUT2D eigenvalue weighted by molar-refractivity contribution is -0.138. The third-order valence-corrected chi connectivity index (χ3v) is 2.17. The minimum atomic E-state index is -4.51. The molecule has 1 rings (SSSR count). The third kappa shape index (κ3) is 2.22. The molecule has 0 spiro atoms. The molecule has 5 heteroatoms. The predicted octanol–water partition coefficient (Wildman–Crippen LogP) is 3.09. The van der Waals surface area contributed by atoms with Crippen LogP contribution in [0.4, 0.5) is 13.2 Å². The second-order valence-electron chi connectivity index (χ2n) is 3.38. The fourth-order valence-corrected chi connectivity index (χ4v) is 1.40. The Morgan fingerprint density at radius 2 is 1.94 bits per heavy atom. The summed E-state index contributed by atoms with van der Waals surface area (Å²) in [5.41, 5.74) is -1.16. The summed E-state index contributed by atoms with van der Waals surface area (Å²) >= 11 is 0. The molecule has 0 unspecified atom stereocenters. The lowest BCUT2D eigenvalue weighted by Crippen LogP contribution is -2.10. The molecule has 2 nitrogen and oxygen atoms in total. The van der Waals surface area contributed by atoms with Crippen LogP contribution in [0.25, 0.3) is 0 Å². The molecule has 0 radical (unpaired) electrons. The Bertz CT molecular complexity index is 483. The third-order valence-electron chi connectivity index (χ3n) is 2.17. The number of hydrogen-bond acceptors (Lipinski definition) is 2. The van der Waals surface area contributed by atoms with Crippen LogP contribution in [0, 0.1) is 18.3 Å². The largest absolute Gasteiger partial charge is 0.416 e. The number of halogens is 3. The number of carbonyl (C=O) groups is 1. The molecule has 0 aliphatic heterocycles. The molecule has 0 aromatic heterocycles. The van der Waals surface area contributed by atoms with Crippen LogP contribution in [0.15, 0.2) is 12.1 Å². The molecule has 0 saturated heterocycles. The Morgan fingerprint density at radius 1 is 1.38 bits per heavy atom. The van der Waals surface area contributed by atoms with Gasteiger partial charge in [0.25, 0.3) is 0 Å². The zero-order valence-electron chi connectivity index (χ0n) is 8.64. The highest BCUT2D eigenvalue weighted by Crippen LogP contribution is 2.33. The summed E-state index contributed by atoms with van der Waals surface area (Å²) < 4.78 is 37.5. The van der Waals surface area contributed by atoms with Gasteiger partial charge in [0.1, 0.15) is 0 Å². The highest BCUT2D eigenvalue weighted by molar-refractivity contribution is 5.96. The molecule has 0 saturated carbocycles. The van der Waals surface area contributed by atoms with Crippen molar-refractivity contribution in [3.05, 3.63) is 34.4 Å². The summed E-state index contributed by atoms with van der Waals surface area (Å²) in [5.74, 6) is -0.423. The first kappa shape index (κ1) is 12.2. The van der Waals surface area contributed by atoms with Crippen LogP contribution in [0.2, 0.25) is 0 Å². The second-order valence-corrected chi connectivity index (χ2v) is 3.38. The van der Waals surface area contributed by atoms with Crippen LogP contribution < -0.4 is 0 Å². The molecular formula is C11H8F3NO. The predicted molar refractivity (Wildman–Crippen MR) is 50.9 cm³/mol. The van der Waals surface area contributed by atoms with Crippen molar-refractivity contribution >= 4 is 5.78 Å². The number of aryl methyl sites for hydroxylation is 1. The van der Waals surface area contributed by atoms with Crippen molar-refractivity contribution in [2.45, 2.75) is 20.0 Å². The zero-order valence-corrected chi connectivity index (χ0v) is 8.64. The average Bonchev–Trinajstić information content (AvgIpc) is 2.15. The average molecular weight is 227 g/mol. The Labute approximate surface area is 90.3 Å². The first-order chi connectivity index (χ1) is 7.27. The lowest BCUT2D eigenvalue weighted by Gasteiger charge is -2.12. The monoisotopic (exact) mass is 227 g/mol. The van der Waals surface area contributed by atoms with Crippen LogP contribution in [0.1, 0.15) is 34.0 Å². The Morgan fingerprint density at radius 3 is 2.31 bits per heavy atom. The second kappa shape index (κ2) is 3.97. The smallest absolute Gasteiger partial charge is 0.294 e. The van der Waals surface area contributed by atoms with Crippen LogP contribution >= 0.6 is 0 Å². The van der Waals surface area contributed by atoms with E-state index in [4.69, 9.17) is 5.26 Å². The van der Waals surface area contributed by atoms with Crippen molar-refractivity contribution in [2.24, 2.45) is 0 Å². The van der Waals surface area contributed by atoms with E-state index in [1.54, 1.807) is 6.07 Å². The van der Waals surface area contributed by atoms with Crippen LogP contribution in [0.5, 0.6) is 0 Å². The normalized spacial score (nSPS) is 11.0. The van der Waals surface area contributed by atoms with E-state index in [1.807, 2.05) is 0 Å². The van der Waals surface area contributed by atoms with Gasteiger partial charge in [-0.05, 0) is 31.5 Å². The highest BCUT2D eigenvalue weighted by Gasteiger charge is 2.33. The number of rotatable bonds is 1. The number of alkyl halides is 3. The number of nitrogens with zero attached hydrogens (tertiary/aromatic N) is 1. The van der Waals surface area contributed by atoms with Crippen molar-refractivity contribution in [3.63, 3.8) is 0 Å². The van der Waals surface area contributed by atoms with E-state index in [2.05, 4.69) is 0 Å². The molecule has 0 amide bonds. The molecule has 0 atom stereocenters. The number of nitriles is 1. The van der Waals surface area contributed by atoms with E-state index in [0.717, 1.165) is 6.07 Å². The summed E-state index contributed by atoms with van der Waals surface area (Å²) in [6, 6.07) is 3.41. The van der Waals surface area contributed by atoms with Gasteiger partial charge in [-0.2, -0.15) is 18.4 Å². The van der Waals surface area contributed by atoms with Crippen LogP contribution in [-0.4, -0.2) is 5.78 Å². The Hall–Kier alpha value is -1.83. The highest BCUT2D eigenvalue weighted by atomic mass is 19.4. The van der Waals surface area contributed by atoms with E-state index >= 15 is 0 Å². The molecule has 1 aromatic carbocycles. The molecule has 0 fully saturated rings.